The smallest absolute Gasteiger partial charge is 0.338 e. The van der Waals surface area contributed by atoms with E-state index in [1.807, 2.05) is 6.92 Å². The fourth-order valence-electron chi connectivity index (χ4n) is 1.76. The van der Waals surface area contributed by atoms with Gasteiger partial charge in [-0.15, -0.1) is 12.4 Å². The van der Waals surface area contributed by atoms with Crippen LogP contribution in [0.2, 0.25) is 0 Å². The van der Waals surface area contributed by atoms with Crippen molar-refractivity contribution in [2.45, 2.75) is 25.7 Å². The molecule has 6 nitrogen and oxygen atoms in total. The maximum absolute atomic E-state index is 12.3. The Balaban J connectivity index is 0.00000441. The first-order chi connectivity index (χ1) is 9.92. The molecular formula is C14H23ClN2O4S. The number of hydrogen-bond donors (Lipinski definition) is 2. The Labute approximate surface area is 138 Å². The molecule has 0 fully saturated rings. The molecule has 1 aromatic carbocycles. The van der Waals surface area contributed by atoms with Crippen LogP contribution in [-0.4, -0.2) is 40.6 Å². The summed E-state index contributed by atoms with van der Waals surface area (Å²) in [4.78, 5) is 11.8. The number of carbonyl (C=O) groups excluding carboxylic acids is 1. The lowest BCUT2D eigenvalue weighted by Gasteiger charge is -2.11. The zero-order valence-electron chi connectivity index (χ0n) is 13.0. The van der Waals surface area contributed by atoms with Gasteiger partial charge in [-0.3, -0.25) is 0 Å². The highest BCUT2D eigenvalue weighted by molar-refractivity contribution is 7.89. The molecule has 0 amide bonds. The zero-order chi connectivity index (χ0) is 15.9. The Hall–Kier alpha value is -1.15. The topological polar surface area (TPSA) is 84.5 Å². The Kier molecular flexibility index (Phi) is 9.27. The third-order valence-electron chi connectivity index (χ3n) is 2.83. The molecule has 0 heterocycles. The van der Waals surface area contributed by atoms with E-state index >= 15 is 0 Å². The van der Waals surface area contributed by atoms with E-state index in [4.69, 9.17) is 4.74 Å². The van der Waals surface area contributed by atoms with Gasteiger partial charge in [-0.2, -0.15) is 0 Å². The molecule has 0 spiro atoms. The van der Waals surface area contributed by atoms with Crippen molar-refractivity contribution in [3.05, 3.63) is 29.3 Å². The normalized spacial score (nSPS) is 10.9. The number of aryl methyl sites for hydroxylation is 1. The highest BCUT2D eigenvalue weighted by Gasteiger charge is 2.19. The Morgan fingerprint density at radius 2 is 1.91 bits per heavy atom. The monoisotopic (exact) mass is 350 g/mol. The van der Waals surface area contributed by atoms with Gasteiger partial charge >= 0.3 is 5.97 Å². The summed E-state index contributed by atoms with van der Waals surface area (Å²) < 4.78 is 31.9. The highest BCUT2D eigenvalue weighted by atomic mass is 35.5. The zero-order valence-corrected chi connectivity index (χ0v) is 14.6. The summed E-state index contributed by atoms with van der Waals surface area (Å²) >= 11 is 0. The molecule has 2 N–H and O–H groups in total. The minimum atomic E-state index is -3.64. The van der Waals surface area contributed by atoms with Gasteiger partial charge in [0, 0.05) is 13.1 Å². The van der Waals surface area contributed by atoms with Gasteiger partial charge in [-0.05, 0) is 38.1 Å². The maximum atomic E-state index is 12.3. The van der Waals surface area contributed by atoms with Crippen LogP contribution in [0.4, 0.5) is 0 Å². The van der Waals surface area contributed by atoms with Crippen LogP contribution >= 0.6 is 12.4 Å². The first kappa shape index (κ1) is 20.9. The van der Waals surface area contributed by atoms with Crippen LogP contribution in [0.5, 0.6) is 0 Å². The molecule has 1 aromatic rings. The van der Waals surface area contributed by atoms with E-state index in [1.165, 1.54) is 6.07 Å². The van der Waals surface area contributed by atoms with Crippen molar-refractivity contribution in [3.63, 3.8) is 0 Å². The summed E-state index contributed by atoms with van der Waals surface area (Å²) in [5.41, 5.74) is 0.813. The maximum Gasteiger partial charge on any atom is 0.338 e. The first-order valence-electron chi connectivity index (χ1n) is 6.90. The number of hydrogen-bond acceptors (Lipinski definition) is 5. The lowest BCUT2D eigenvalue weighted by molar-refractivity contribution is 0.0526. The molecule has 126 valence electrons. The molecule has 0 saturated carbocycles. The lowest BCUT2D eigenvalue weighted by atomic mass is 10.1. The molecule has 0 aromatic heterocycles. The van der Waals surface area contributed by atoms with E-state index in [1.54, 1.807) is 26.0 Å². The first-order valence-corrected chi connectivity index (χ1v) is 8.38. The lowest BCUT2D eigenvalue weighted by Crippen LogP contribution is -2.32. The average molecular weight is 351 g/mol. The summed E-state index contributed by atoms with van der Waals surface area (Å²) in [6.45, 7) is 7.20. The van der Waals surface area contributed by atoms with Crippen molar-refractivity contribution in [1.29, 1.82) is 0 Å². The van der Waals surface area contributed by atoms with E-state index in [9.17, 15) is 13.2 Å². The van der Waals surface area contributed by atoms with E-state index in [-0.39, 0.29) is 29.5 Å². The Bertz CT molecular complexity index is 591. The van der Waals surface area contributed by atoms with Crippen LogP contribution in [0, 0.1) is 6.92 Å². The molecule has 1 rings (SSSR count). The number of sulfonamides is 1. The van der Waals surface area contributed by atoms with Crippen LogP contribution in [0.15, 0.2) is 23.1 Å². The van der Waals surface area contributed by atoms with E-state index in [0.29, 0.717) is 18.7 Å². The van der Waals surface area contributed by atoms with Gasteiger partial charge in [0.2, 0.25) is 10.0 Å². The largest absolute Gasteiger partial charge is 0.462 e. The number of esters is 1. The second-order valence-electron chi connectivity index (χ2n) is 4.45. The number of halogens is 1. The third-order valence-corrected chi connectivity index (χ3v) is 4.44. The molecule has 8 heteroatoms. The van der Waals surface area contributed by atoms with Crippen molar-refractivity contribution >= 4 is 28.4 Å². The van der Waals surface area contributed by atoms with Gasteiger partial charge in [-0.25, -0.2) is 17.9 Å². The molecule has 0 aliphatic rings. The predicted molar refractivity (Wildman–Crippen MR) is 88.1 cm³/mol. The summed E-state index contributed by atoms with van der Waals surface area (Å²) in [5, 5.41) is 3.03. The SMILES string of the molecule is CCNCCNS(=O)(=O)c1cc(C(=O)OCC)ccc1C.Cl. The molecule has 0 aliphatic carbocycles. The standard InChI is InChI=1S/C14H22N2O4S.ClH/c1-4-15-8-9-16-21(18,19)13-10-12(7-6-11(13)3)14(17)20-5-2;/h6-7,10,15-16H,4-5,8-9H2,1-3H3;1H. The number of ether oxygens (including phenoxy) is 1. The van der Waals surface area contributed by atoms with Gasteiger partial charge in [0.15, 0.2) is 0 Å². The van der Waals surface area contributed by atoms with Crippen molar-refractivity contribution in [2.75, 3.05) is 26.2 Å². The van der Waals surface area contributed by atoms with Crippen molar-refractivity contribution < 1.29 is 17.9 Å². The Morgan fingerprint density at radius 1 is 1.23 bits per heavy atom. The molecule has 0 aliphatic heterocycles. The Morgan fingerprint density at radius 3 is 2.50 bits per heavy atom. The molecular weight excluding hydrogens is 328 g/mol. The second kappa shape index (κ2) is 9.78. The minimum Gasteiger partial charge on any atom is -0.462 e. The fourth-order valence-corrected chi connectivity index (χ4v) is 3.06. The summed E-state index contributed by atoms with van der Waals surface area (Å²) in [6.07, 6.45) is 0. The van der Waals surface area contributed by atoms with Gasteiger partial charge in [-0.1, -0.05) is 13.0 Å². The van der Waals surface area contributed by atoms with Gasteiger partial charge in [0.05, 0.1) is 17.1 Å². The summed E-state index contributed by atoms with van der Waals surface area (Å²) in [6, 6.07) is 4.51. The number of rotatable bonds is 8. The van der Waals surface area contributed by atoms with Crippen LogP contribution in [0.1, 0.15) is 29.8 Å². The molecule has 0 radical (unpaired) electrons. The molecule has 0 unspecified atom stereocenters. The van der Waals surface area contributed by atoms with Gasteiger partial charge in [0.25, 0.3) is 0 Å². The van der Waals surface area contributed by atoms with Crippen molar-refractivity contribution in [2.24, 2.45) is 0 Å². The van der Waals surface area contributed by atoms with Crippen LogP contribution in [-0.2, 0) is 14.8 Å². The van der Waals surface area contributed by atoms with Crippen molar-refractivity contribution in [1.82, 2.24) is 10.0 Å². The predicted octanol–water partition coefficient (Wildman–Crippen LogP) is 1.48. The van der Waals surface area contributed by atoms with Gasteiger partial charge in [0.1, 0.15) is 0 Å². The fraction of sp³-hybridized carbons (Fsp3) is 0.500. The molecule has 0 atom stereocenters. The van der Waals surface area contributed by atoms with Crippen LogP contribution in [0.25, 0.3) is 0 Å². The van der Waals surface area contributed by atoms with Gasteiger partial charge < -0.3 is 10.1 Å². The van der Waals surface area contributed by atoms with E-state index in [0.717, 1.165) is 6.54 Å². The van der Waals surface area contributed by atoms with Crippen LogP contribution in [0.3, 0.4) is 0 Å². The number of likely N-dealkylation sites (N-methyl/N-ethyl adjacent to an activating group) is 1. The highest BCUT2D eigenvalue weighted by Crippen LogP contribution is 2.17. The summed E-state index contributed by atoms with van der Waals surface area (Å²) in [5.74, 6) is -0.526. The van der Waals surface area contributed by atoms with E-state index < -0.39 is 16.0 Å². The third kappa shape index (κ3) is 5.92. The average Bonchev–Trinajstić information content (AvgIpc) is 2.44. The number of benzene rings is 1. The van der Waals surface area contributed by atoms with Crippen molar-refractivity contribution in [3.8, 4) is 0 Å². The number of nitrogens with one attached hydrogen (secondary N) is 2. The summed E-state index contributed by atoms with van der Waals surface area (Å²) in [7, 11) is -3.64. The number of carbonyl (C=O) groups is 1. The second-order valence-corrected chi connectivity index (χ2v) is 6.19. The molecule has 22 heavy (non-hydrogen) atoms. The van der Waals surface area contributed by atoms with Crippen LogP contribution < -0.4 is 10.0 Å². The minimum absolute atomic E-state index is 0. The van der Waals surface area contributed by atoms with E-state index in [2.05, 4.69) is 10.0 Å². The quantitative estimate of drug-likeness (QED) is 0.548. The molecule has 0 saturated heterocycles. The molecule has 0 bridgehead atoms.